The maximum absolute atomic E-state index is 12.8. The molecule has 6 nitrogen and oxygen atoms in total. The van der Waals surface area contributed by atoms with Crippen LogP contribution in [0.4, 0.5) is 5.69 Å². The molecular formula is C20H29N3O3. The molecule has 0 aliphatic carbocycles. The average Bonchev–Trinajstić information content (AvgIpc) is 2.61. The predicted molar refractivity (Wildman–Crippen MR) is 102 cm³/mol. The first-order valence-electron chi connectivity index (χ1n) is 9.09. The molecule has 1 saturated heterocycles. The van der Waals surface area contributed by atoms with Crippen molar-refractivity contribution in [1.29, 1.82) is 0 Å². The second-order valence-electron chi connectivity index (χ2n) is 7.65. The van der Waals surface area contributed by atoms with E-state index in [0.717, 1.165) is 0 Å². The molecule has 142 valence electrons. The van der Waals surface area contributed by atoms with Crippen LogP contribution in [0, 0.1) is 5.41 Å². The summed E-state index contributed by atoms with van der Waals surface area (Å²) in [6, 6.07) is 7.69. The van der Waals surface area contributed by atoms with Gasteiger partial charge in [0.2, 0.25) is 17.7 Å². The topological polar surface area (TPSA) is 69.7 Å². The third kappa shape index (κ3) is 4.42. The van der Waals surface area contributed by atoms with Crippen LogP contribution in [0.3, 0.4) is 0 Å². The van der Waals surface area contributed by atoms with Crippen LogP contribution < -0.4 is 5.32 Å². The van der Waals surface area contributed by atoms with Crippen molar-refractivity contribution in [1.82, 2.24) is 9.80 Å². The first-order chi connectivity index (χ1) is 12.1. The second-order valence-corrected chi connectivity index (χ2v) is 7.65. The van der Waals surface area contributed by atoms with Crippen LogP contribution in [0.15, 0.2) is 24.3 Å². The number of amides is 3. The number of rotatable bonds is 4. The lowest BCUT2D eigenvalue weighted by molar-refractivity contribution is -0.149. The monoisotopic (exact) mass is 359 g/mol. The number of piperazine rings is 1. The predicted octanol–water partition coefficient (Wildman–Crippen LogP) is 2.47. The van der Waals surface area contributed by atoms with Crippen LogP contribution in [0.1, 0.15) is 46.1 Å². The fourth-order valence-electron chi connectivity index (χ4n) is 2.96. The fourth-order valence-corrected chi connectivity index (χ4v) is 2.96. The smallest absolute Gasteiger partial charge is 0.239 e. The van der Waals surface area contributed by atoms with E-state index in [9.17, 15) is 14.4 Å². The summed E-state index contributed by atoms with van der Waals surface area (Å²) in [6.07, 6.45) is 0. The van der Waals surface area contributed by atoms with E-state index in [4.69, 9.17) is 0 Å². The normalized spacial score (nSPS) is 15.2. The van der Waals surface area contributed by atoms with Crippen LogP contribution in [0.25, 0.3) is 0 Å². The highest BCUT2D eigenvalue weighted by atomic mass is 16.2. The summed E-state index contributed by atoms with van der Waals surface area (Å²) < 4.78 is 0. The third-order valence-corrected chi connectivity index (χ3v) is 4.95. The van der Waals surface area contributed by atoms with E-state index in [0.29, 0.717) is 37.8 Å². The summed E-state index contributed by atoms with van der Waals surface area (Å²) in [5.74, 6) is -0.101. The molecule has 0 radical (unpaired) electrons. The van der Waals surface area contributed by atoms with Crippen LogP contribution in [-0.4, -0.2) is 53.7 Å². The molecular weight excluding hydrogens is 330 g/mol. The van der Waals surface area contributed by atoms with Gasteiger partial charge in [-0.2, -0.15) is 0 Å². The highest BCUT2D eigenvalue weighted by molar-refractivity contribution is 6.09. The van der Waals surface area contributed by atoms with Gasteiger partial charge in [-0.05, 0) is 37.5 Å². The molecule has 1 N–H and O–H groups in total. The van der Waals surface area contributed by atoms with Gasteiger partial charge in [0.1, 0.15) is 5.41 Å². The highest BCUT2D eigenvalue weighted by Gasteiger charge is 2.40. The lowest BCUT2D eigenvalue weighted by Gasteiger charge is -2.37. The van der Waals surface area contributed by atoms with E-state index in [2.05, 4.69) is 19.2 Å². The average molecular weight is 359 g/mol. The number of nitrogens with one attached hydrogen (secondary N) is 1. The van der Waals surface area contributed by atoms with Crippen LogP contribution in [0.2, 0.25) is 0 Å². The molecule has 1 aromatic rings. The zero-order valence-corrected chi connectivity index (χ0v) is 16.3. The van der Waals surface area contributed by atoms with E-state index >= 15 is 0 Å². The lowest BCUT2D eigenvalue weighted by atomic mass is 9.89. The molecule has 2 rings (SSSR count). The third-order valence-electron chi connectivity index (χ3n) is 4.95. The van der Waals surface area contributed by atoms with Crippen LogP contribution in [-0.2, 0) is 14.4 Å². The Labute approximate surface area is 155 Å². The molecule has 1 aliphatic rings. The van der Waals surface area contributed by atoms with Gasteiger partial charge in [0.15, 0.2) is 0 Å². The Hall–Kier alpha value is -2.37. The van der Waals surface area contributed by atoms with Crippen LogP contribution in [0.5, 0.6) is 0 Å². The van der Waals surface area contributed by atoms with Gasteiger partial charge in [-0.3, -0.25) is 14.4 Å². The summed E-state index contributed by atoms with van der Waals surface area (Å²) in [5.41, 5.74) is 0.707. The first-order valence-corrected chi connectivity index (χ1v) is 9.09. The molecule has 1 heterocycles. The molecule has 0 aromatic heterocycles. The number of anilines is 1. The summed E-state index contributed by atoms with van der Waals surface area (Å²) in [6.45, 7) is 11.0. The Morgan fingerprint density at radius 3 is 1.92 bits per heavy atom. The molecule has 0 unspecified atom stereocenters. The summed E-state index contributed by atoms with van der Waals surface area (Å²) >= 11 is 0. The van der Waals surface area contributed by atoms with Gasteiger partial charge in [0.05, 0.1) is 0 Å². The Balaban J connectivity index is 2.00. The summed E-state index contributed by atoms with van der Waals surface area (Å²) in [4.78, 5) is 40.3. The Morgan fingerprint density at radius 1 is 0.962 bits per heavy atom. The number of hydrogen-bond acceptors (Lipinski definition) is 3. The number of carbonyl (C=O) groups excluding carboxylic acids is 3. The minimum atomic E-state index is -1.17. The maximum Gasteiger partial charge on any atom is 0.239 e. The first kappa shape index (κ1) is 19.9. The number of nitrogens with zero attached hydrogens (tertiary/aromatic N) is 2. The minimum Gasteiger partial charge on any atom is -0.339 e. The molecule has 0 atom stereocenters. The molecule has 0 spiro atoms. The van der Waals surface area contributed by atoms with Crippen molar-refractivity contribution in [3.63, 3.8) is 0 Å². The van der Waals surface area contributed by atoms with Crippen molar-refractivity contribution in [2.24, 2.45) is 5.41 Å². The van der Waals surface area contributed by atoms with Gasteiger partial charge in [-0.25, -0.2) is 0 Å². The van der Waals surface area contributed by atoms with Crippen molar-refractivity contribution in [3.8, 4) is 0 Å². The zero-order valence-electron chi connectivity index (χ0n) is 16.3. The van der Waals surface area contributed by atoms with Crippen molar-refractivity contribution in [2.45, 2.75) is 40.5 Å². The van der Waals surface area contributed by atoms with Crippen molar-refractivity contribution in [2.75, 3.05) is 31.5 Å². The van der Waals surface area contributed by atoms with E-state index in [1.165, 1.54) is 12.5 Å². The van der Waals surface area contributed by atoms with E-state index in [1.807, 2.05) is 24.3 Å². The Morgan fingerprint density at radius 2 is 1.46 bits per heavy atom. The van der Waals surface area contributed by atoms with Gasteiger partial charge in [-0.1, -0.05) is 26.0 Å². The van der Waals surface area contributed by atoms with Crippen molar-refractivity contribution in [3.05, 3.63) is 29.8 Å². The Bertz CT molecular complexity index is 672. The van der Waals surface area contributed by atoms with Gasteiger partial charge < -0.3 is 15.1 Å². The van der Waals surface area contributed by atoms with Gasteiger partial charge in [0.25, 0.3) is 0 Å². The van der Waals surface area contributed by atoms with E-state index < -0.39 is 5.41 Å². The standard InChI is InChI=1S/C20H29N3O3/c1-14(2)16-6-8-17(9-7-16)21-18(25)20(4,5)19(26)23-12-10-22(11-13-23)15(3)24/h6-9,14H,10-13H2,1-5H3,(H,21,25). The molecule has 0 bridgehead atoms. The molecule has 0 saturated carbocycles. The van der Waals surface area contributed by atoms with E-state index in [-0.39, 0.29) is 17.7 Å². The zero-order chi connectivity index (χ0) is 19.5. The van der Waals surface area contributed by atoms with Gasteiger partial charge >= 0.3 is 0 Å². The number of carbonyl (C=O) groups is 3. The molecule has 6 heteroatoms. The van der Waals surface area contributed by atoms with Gasteiger partial charge in [-0.15, -0.1) is 0 Å². The van der Waals surface area contributed by atoms with Crippen molar-refractivity contribution >= 4 is 23.4 Å². The molecule has 1 aliphatic heterocycles. The number of benzene rings is 1. The molecule has 26 heavy (non-hydrogen) atoms. The lowest BCUT2D eigenvalue weighted by Crippen LogP contribution is -2.55. The quantitative estimate of drug-likeness (QED) is 0.840. The Kier molecular flexibility index (Phi) is 6.05. The van der Waals surface area contributed by atoms with Crippen molar-refractivity contribution < 1.29 is 14.4 Å². The van der Waals surface area contributed by atoms with Gasteiger partial charge in [0, 0.05) is 38.8 Å². The highest BCUT2D eigenvalue weighted by Crippen LogP contribution is 2.24. The largest absolute Gasteiger partial charge is 0.339 e. The minimum absolute atomic E-state index is 0.0129. The summed E-state index contributed by atoms with van der Waals surface area (Å²) in [5, 5.41) is 2.84. The fraction of sp³-hybridized carbons (Fsp3) is 0.550. The molecule has 1 aromatic carbocycles. The molecule has 1 fully saturated rings. The molecule has 3 amide bonds. The SMILES string of the molecule is CC(=O)N1CCN(C(=O)C(C)(C)C(=O)Nc2ccc(C(C)C)cc2)CC1. The van der Waals surface area contributed by atoms with E-state index in [1.54, 1.807) is 23.6 Å². The number of hydrogen-bond donors (Lipinski definition) is 1. The second kappa shape index (κ2) is 7.89. The van der Waals surface area contributed by atoms with Crippen LogP contribution >= 0.6 is 0 Å². The maximum atomic E-state index is 12.8. The summed E-state index contributed by atoms with van der Waals surface area (Å²) in [7, 11) is 0.